The van der Waals surface area contributed by atoms with Crippen molar-refractivity contribution in [3.05, 3.63) is 65.2 Å². The van der Waals surface area contributed by atoms with Crippen LogP contribution >= 0.6 is 0 Å². The molecule has 4 heteroatoms. The van der Waals surface area contributed by atoms with E-state index in [1.807, 2.05) is 24.3 Å². The molecule has 0 bridgehead atoms. The number of carbonyl (C=O) groups is 1. The van der Waals surface area contributed by atoms with E-state index in [2.05, 4.69) is 31.3 Å². The molecule has 2 aromatic rings. The summed E-state index contributed by atoms with van der Waals surface area (Å²) < 4.78 is 5.77. The fourth-order valence-corrected chi connectivity index (χ4v) is 2.31. The molecule has 0 aliphatic heterocycles. The minimum atomic E-state index is -0.425. The lowest BCUT2D eigenvalue weighted by atomic mass is 10.1. The van der Waals surface area contributed by atoms with Gasteiger partial charge in [0.1, 0.15) is 12.4 Å². The fourth-order valence-electron chi connectivity index (χ4n) is 2.31. The quantitative estimate of drug-likeness (QED) is 0.693. The van der Waals surface area contributed by atoms with Crippen molar-refractivity contribution >= 4 is 5.91 Å². The van der Waals surface area contributed by atoms with Crippen LogP contribution in [-0.4, -0.2) is 12.5 Å². The van der Waals surface area contributed by atoms with Crippen molar-refractivity contribution in [3.8, 4) is 5.75 Å². The van der Waals surface area contributed by atoms with Gasteiger partial charge in [0.25, 0.3) is 0 Å². The number of nitrogens with two attached hydrogens (primary N) is 1. The molecule has 0 saturated carbocycles. The van der Waals surface area contributed by atoms with Crippen molar-refractivity contribution in [2.75, 3.05) is 6.54 Å². The summed E-state index contributed by atoms with van der Waals surface area (Å²) in [5, 5.41) is 3.44. The van der Waals surface area contributed by atoms with Crippen molar-refractivity contribution in [1.29, 1.82) is 0 Å². The van der Waals surface area contributed by atoms with Crippen molar-refractivity contribution in [2.24, 2.45) is 11.7 Å². The first-order chi connectivity index (χ1) is 11.5. The number of hydrogen-bond donors (Lipinski definition) is 2. The van der Waals surface area contributed by atoms with Crippen LogP contribution in [0.15, 0.2) is 48.5 Å². The molecule has 0 spiro atoms. The Kier molecular flexibility index (Phi) is 6.82. The molecule has 3 N–H and O–H groups in total. The Labute approximate surface area is 144 Å². The number of hydrogen-bond acceptors (Lipinski definition) is 3. The normalized spacial score (nSPS) is 10.8. The number of amides is 1. The number of carbonyl (C=O) groups excluding carboxylic acids is 1. The first kappa shape index (κ1) is 18.0. The maximum absolute atomic E-state index is 11.2. The maximum Gasteiger partial charge on any atom is 0.248 e. The third-order valence-corrected chi connectivity index (χ3v) is 3.77. The number of ether oxygens (including phenoxy) is 1. The molecule has 0 saturated heterocycles. The maximum atomic E-state index is 11.2. The highest BCUT2D eigenvalue weighted by atomic mass is 16.5. The molecule has 0 unspecified atom stereocenters. The SMILES string of the molecule is CC(C)CCNCc1ccc(OCc2cccc(C(N)=O)c2)cc1. The molecule has 0 fully saturated rings. The molecule has 0 atom stereocenters. The third kappa shape index (κ3) is 6.05. The predicted octanol–water partition coefficient (Wildman–Crippen LogP) is 3.50. The highest BCUT2D eigenvalue weighted by molar-refractivity contribution is 5.92. The summed E-state index contributed by atoms with van der Waals surface area (Å²) in [5.74, 6) is 1.11. The van der Waals surface area contributed by atoms with E-state index in [4.69, 9.17) is 10.5 Å². The monoisotopic (exact) mass is 326 g/mol. The molecule has 4 nitrogen and oxygen atoms in total. The Hall–Kier alpha value is -2.33. The molecule has 24 heavy (non-hydrogen) atoms. The lowest BCUT2D eigenvalue weighted by Crippen LogP contribution is -2.16. The second-order valence-electron chi connectivity index (χ2n) is 6.36. The van der Waals surface area contributed by atoms with E-state index in [-0.39, 0.29) is 0 Å². The number of benzene rings is 2. The standard InChI is InChI=1S/C20H26N2O2/c1-15(2)10-11-22-13-16-6-8-19(9-7-16)24-14-17-4-3-5-18(12-17)20(21)23/h3-9,12,15,22H,10-11,13-14H2,1-2H3,(H2,21,23). The average Bonchev–Trinajstić information content (AvgIpc) is 2.58. The van der Waals surface area contributed by atoms with Gasteiger partial charge in [-0.3, -0.25) is 4.79 Å². The van der Waals surface area contributed by atoms with E-state index in [1.54, 1.807) is 12.1 Å². The van der Waals surface area contributed by atoms with Gasteiger partial charge in [-0.2, -0.15) is 0 Å². The molecule has 0 aliphatic carbocycles. The van der Waals surface area contributed by atoms with Gasteiger partial charge in [-0.15, -0.1) is 0 Å². The number of nitrogens with one attached hydrogen (secondary N) is 1. The van der Waals surface area contributed by atoms with E-state index in [9.17, 15) is 4.79 Å². The third-order valence-electron chi connectivity index (χ3n) is 3.77. The van der Waals surface area contributed by atoms with E-state index in [1.165, 1.54) is 12.0 Å². The Balaban J connectivity index is 1.81. The lowest BCUT2D eigenvalue weighted by Gasteiger charge is -2.09. The van der Waals surface area contributed by atoms with Gasteiger partial charge in [-0.1, -0.05) is 38.1 Å². The molecular weight excluding hydrogens is 300 g/mol. The second kappa shape index (κ2) is 9.08. The van der Waals surface area contributed by atoms with E-state index >= 15 is 0 Å². The van der Waals surface area contributed by atoms with Crippen LogP contribution in [-0.2, 0) is 13.2 Å². The smallest absolute Gasteiger partial charge is 0.248 e. The summed E-state index contributed by atoms with van der Waals surface area (Å²) >= 11 is 0. The van der Waals surface area contributed by atoms with Gasteiger partial charge >= 0.3 is 0 Å². The van der Waals surface area contributed by atoms with Crippen LogP contribution in [0.5, 0.6) is 5.75 Å². The van der Waals surface area contributed by atoms with Crippen LogP contribution in [0.2, 0.25) is 0 Å². The Morgan fingerprint density at radius 3 is 2.54 bits per heavy atom. The van der Waals surface area contributed by atoms with Gasteiger partial charge in [-0.05, 0) is 54.3 Å². The van der Waals surface area contributed by atoms with Crippen LogP contribution in [0.1, 0.15) is 41.8 Å². The summed E-state index contributed by atoms with van der Waals surface area (Å²) in [6.07, 6.45) is 1.19. The van der Waals surface area contributed by atoms with Gasteiger partial charge in [0, 0.05) is 12.1 Å². The number of rotatable bonds is 9. The zero-order valence-electron chi connectivity index (χ0n) is 14.4. The average molecular weight is 326 g/mol. The van der Waals surface area contributed by atoms with Crippen molar-refractivity contribution in [3.63, 3.8) is 0 Å². The van der Waals surface area contributed by atoms with Crippen molar-refractivity contribution < 1.29 is 9.53 Å². The highest BCUT2D eigenvalue weighted by Gasteiger charge is 2.02. The van der Waals surface area contributed by atoms with Crippen molar-refractivity contribution in [2.45, 2.75) is 33.4 Å². The van der Waals surface area contributed by atoms with Gasteiger partial charge in [-0.25, -0.2) is 0 Å². The minimum Gasteiger partial charge on any atom is -0.489 e. The van der Waals surface area contributed by atoms with Crippen molar-refractivity contribution in [1.82, 2.24) is 5.32 Å². The zero-order valence-corrected chi connectivity index (χ0v) is 14.4. The van der Waals surface area contributed by atoms with Crippen LogP contribution in [0.25, 0.3) is 0 Å². The topological polar surface area (TPSA) is 64.3 Å². The van der Waals surface area contributed by atoms with Crippen LogP contribution in [0.4, 0.5) is 0 Å². The van der Waals surface area contributed by atoms with Crippen LogP contribution in [0.3, 0.4) is 0 Å². The molecule has 2 aromatic carbocycles. The van der Waals surface area contributed by atoms with E-state index in [0.29, 0.717) is 12.2 Å². The Morgan fingerprint density at radius 2 is 1.88 bits per heavy atom. The highest BCUT2D eigenvalue weighted by Crippen LogP contribution is 2.15. The number of primary amides is 1. The molecule has 1 amide bonds. The van der Waals surface area contributed by atoms with Crippen LogP contribution in [0, 0.1) is 5.92 Å². The van der Waals surface area contributed by atoms with Crippen LogP contribution < -0.4 is 15.8 Å². The zero-order chi connectivity index (χ0) is 17.4. The first-order valence-corrected chi connectivity index (χ1v) is 8.36. The van der Waals surface area contributed by atoms with Gasteiger partial charge in [0.2, 0.25) is 5.91 Å². The summed E-state index contributed by atoms with van der Waals surface area (Å²) in [5.41, 5.74) is 7.95. The molecular formula is C20H26N2O2. The molecule has 0 radical (unpaired) electrons. The fraction of sp³-hybridized carbons (Fsp3) is 0.350. The van der Waals surface area contributed by atoms with Gasteiger partial charge in [0.15, 0.2) is 0 Å². The van der Waals surface area contributed by atoms with Gasteiger partial charge < -0.3 is 15.8 Å². The summed E-state index contributed by atoms with van der Waals surface area (Å²) in [6, 6.07) is 15.3. The molecule has 128 valence electrons. The Bertz CT molecular complexity index is 651. The molecule has 0 aliphatic rings. The molecule has 0 heterocycles. The summed E-state index contributed by atoms with van der Waals surface area (Å²) in [7, 11) is 0. The molecule has 2 rings (SSSR count). The largest absolute Gasteiger partial charge is 0.489 e. The summed E-state index contributed by atoms with van der Waals surface area (Å²) in [6.45, 7) is 6.77. The minimum absolute atomic E-state index is 0.410. The van der Waals surface area contributed by atoms with E-state index in [0.717, 1.165) is 30.3 Å². The van der Waals surface area contributed by atoms with E-state index < -0.39 is 5.91 Å². The predicted molar refractivity (Wildman–Crippen MR) is 96.9 cm³/mol. The second-order valence-corrected chi connectivity index (χ2v) is 6.36. The lowest BCUT2D eigenvalue weighted by molar-refractivity contribution is 0.1000. The summed E-state index contributed by atoms with van der Waals surface area (Å²) in [4.78, 5) is 11.2. The molecule has 0 aromatic heterocycles. The van der Waals surface area contributed by atoms with Gasteiger partial charge in [0.05, 0.1) is 0 Å². The first-order valence-electron chi connectivity index (χ1n) is 8.36. The Morgan fingerprint density at radius 1 is 1.12 bits per heavy atom.